The van der Waals surface area contributed by atoms with Crippen LogP contribution in [-0.4, -0.2) is 4.98 Å². The first-order valence-electron chi connectivity index (χ1n) is 7.41. The van der Waals surface area contributed by atoms with E-state index in [0.717, 1.165) is 11.1 Å². The molecule has 2 aromatic carbocycles. The third-order valence-electron chi connectivity index (χ3n) is 3.38. The Hall–Kier alpha value is -2.88. The van der Waals surface area contributed by atoms with Crippen LogP contribution >= 0.6 is 0 Å². The number of nitrogens with zero attached hydrogens (tertiary/aromatic N) is 1. The van der Waals surface area contributed by atoms with Crippen molar-refractivity contribution >= 4 is 5.69 Å². The molecule has 116 valence electrons. The number of para-hydroxylation sites is 1. The second-order valence-electron chi connectivity index (χ2n) is 5.11. The highest BCUT2D eigenvalue weighted by Gasteiger charge is 2.01. The fourth-order valence-electron chi connectivity index (χ4n) is 2.13. The Morgan fingerprint density at radius 3 is 2.39 bits per heavy atom. The molecule has 4 heteroatoms. The first-order chi connectivity index (χ1) is 11.3. The Kier molecular flexibility index (Phi) is 4.84. The van der Waals surface area contributed by atoms with Crippen molar-refractivity contribution in [3.8, 4) is 5.88 Å². The number of hydrogen-bond donors (Lipinski definition) is 1. The van der Waals surface area contributed by atoms with Crippen LogP contribution in [0, 0.1) is 5.82 Å². The molecule has 0 bridgehead atoms. The van der Waals surface area contributed by atoms with Crippen molar-refractivity contribution in [2.75, 3.05) is 5.32 Å². The third kappa shape index (κ3) is 4.30. The zero-order valence-electron chi connectivity index (χ0n) is 12.6. The number of halogens is 1. The van der Waals surface area contributed by atoms with E-state index in [-0.39, 0.29) is 5.82 Å². The van der Waals surface area contributed by atoms with Crippen molar-refractivity contribution < 1.29 is 9.13 Å². The van der Waals surface area contributed by atoms with Crippen molar-refractivity contribution in [1.29, 1.82) is 0 Å². The summed E-state index contributed by atoms with van der Waals surface area (Å²) in [5.74, 6) is 0.312. The minimum atomic E-state index is -0.261. The number of rotatable bonds is 6. The van der Waals surface area contributed by atoms with Gasteiger partial charge in [-0.3, -0.25) is 0 Å². The summed E-state index contributed by atoms with van der Waals surface area (Å²) in [6, 6.07) is 20.3. The quantitative estimate of drug-likeness (QED) is 0.732. The Labute approximate surface area is 134 Å². The van der Waals surface area contributed by atoms with Gasteiger partial charge in [0.2, 0.25) is 5.88 Å². The molecule has 0 radical (unpaired) electrons. The zero-order valence-corrected chi connectivity index (χ0v) is 12.6. The summed E-state index contributed by atoms with van der Waals surface area (Å²) in [7, 11) is 0. The lowest BCUT2D eigenvalue weighted by atomic mass is 10.2. The van der Waals surface area contributed by atoms with Crippen LogP contribution in [0.3, 0.4) is 0 Å². The van der Waals surface area contributed by atoms with E-state index in [2.05, 4.69) is 10.3 Å². The van der Waals surface area contributed by atoms with Crippen molar-refractivity contribution in [1.82, 2.24) is 4.98 Å². The van der Waals surface area contributed by atoms with Gasteiger partial charge in [0.05, 0.1) is 5.69 Å². The topological polar surface area (TPSA) is 34.1 Å². The lowest BCUT2D eigenvalue weighted by molar-refractivity contribution is 0.294. The van der Waals surface area contributed by atoms with E-state index >= 15 is 0 Å². The van der Waals surface area contributed by atoms with Crippen molar-refractivity contribution in [2.24, 2.45) is 0 Å². The van der Waals surface area contributed by atoms with Crippen molar-refractivity contribution in [3.63, 3.8) is 0 Å². The highest BCUT2D eigenvalue weighted by atomic mass is 19.1. The average molecular weight is 308 g/mol. The molecular formula is C19H17FN2O. The molecule has 1 aromatic heterocycles. The van der Waals surface area contributed by atoms with E-state index in [1.165, 1.54) is 6.07 Å². The molecule has 3 rings (SSSR count). The van der Waals surface area contributed by atoms with Gasteiger partial charge in [-0.05, 0) is 23.3 Å². The van der Waals surface area contributed by atoms with Gasteiger partial charge in [-0.15, -0.1) is 0 Å². The van der Waals surface area contributed by atoms with Gasteiger partial charge in [0.25, 0.3) is 0 Å². The predicted octanol–water partition coefficient (Wildman–Crippen LogP) is 4.41. The van der Waals surface area contributed by atoms with Crippen LogP contribution in [0.25, 0.3) is 0 Å². The van der Waals surface area contributed by atoms with Gasteiger partial charge in [0, 0.05) is 18.8 Å². The van der Waals surface area contributed by atoms with Gasteiger partial charge < -0.3 is 10.1 Å². The summed E-state index contributed by atoms with van der Waals surface area (Å²) in [5.41, 5.74) is 2.54. The molecule has 0 aliphatic rings. The van der Waals surface area contributed by atoms with Gasteiger partial charge in [0.15, 0.2) is 0 Å². The largest absolute Gasteiger partial charge is 0.473 e. The molecule has 0 spiro atoms. The van der Waals surface area contributed by atoms with Crippen LogP contribution < -0.4 is 10.1 Å². The number of anilines is 1. The zero-order chi connectivity index (χ0) is 15.9. The predicted molar refractivity (Wildman–Crippen MR) is 88.7 cm³/mol. The number of aromatic nitrogens is 1. The minimum absolute atomic E-state index is 0.261. The molecule has 0 atom stereocenters. The second-order valence-corrected chi connectivity index (χ2v) is 5.11. The molecule has 0 fully saturated rings. The van der Waals surface area contributed by atoms with Crippen molar-refractivity contribution in [2.45, 2.75) is 13.2 Å². The van der Waals surface area contributed by atoms with E-state index in [9.17, 15) is 4.39 Å². The fourth-order valence-corrected chi connectivity index (χ4v) is 2.13. The third-order valence-corrected chi connectivity index (χ3v) is 3.38. The summed E-state index contributed by atoms with van der Waals surface area (Å²) >= 11 is 0. The van der Waals surface area contributed by atoms with Gasteiger partial charge in [-0.2, -0.15) is 0 Å². The molecule has 23 heavy (non-hydrogen) atoms. The summed E-state index contributed by atoms with van der Waals surface area (Å²) < 4.78 is 19.2. The Balaban J connectivity index is 1.54. The minimum Gasteiger partial charge on any atom is -0.473 e. The molecule has 0 saturated carbocycles. The van der Waals surface area contributed by atoms with Gasteiger partial charge in [0.1, 0.15) is 12.4 Å². The number of pyridine rings is 1. The van der Waals surface area contributed by atoms with Crippen LogP contribution in [0.15, 0.2) is 72.9 Å². The standard InChI is InChI=1S/C19H17FN2O/c20-17-8-4-5-9-18(17)21-12-16-10-11-19(22-13-16)23-14-15-6-2-1-3-7-15/h1-11,13,21H,12,14H2. The lowest BCUT2D eigenvalue weighted by Crippen LogP contribution is -2.02. The smallest absolute Gasteiger partial charge is 0.213 e. The molecule has 0 amide bonds. The first-order valence-corrected chi connectivity index (χ1v) is 7.41. The average Bonchev–Trinajstić information content (AvgIpc) is 2.61. The van der Waals surface area contributed by atoms with Crippen molar-refractivity contribution in [3.05, 3.63) is 89.9 Å². The molecular weight excluding hydrogens is 291 g/mol. The highest BCUT2D eigenvalue weighted by molar-refractivity contribution is 5.44. The number of ether oxygens (including phenoxy) is 1. The van der Waals surface area contributed by atoms with Crippen LogP contribution in [0.1, 0.15) is 11.1 Å². The van der Waals surface area contributed by atoms with Crippen LogP contribution in [0.4, 0.5) is 10.1 Å². The summed E-state index contributed by atoms with van der Waals surface area (Å²) in [4.78, 5) is 4.27. The Morgan fingerprint density at radius 1 is 0.870 bits per heavy atom. The number of hydrogen-bond acceptors (Lipinski definition) is 3. The van der Waals surface area contributed by atoms with Crippen LogP contribution in [0.2, 0.25) is 0 Å². The van der Waals surface area contributed by atoms with E-state index in [1.807, 2.05) is 42.5 Å². The highest BCUT2D eigenvalue weighted by Crippen LogP contribution is 2.15. The summed E-state index contributed by atoms with van der Waals surface area (Å²) in [6.07, 6.45) is 1.73. The normalized spacial score (nSPS) is 10.3. The molecule has 1 heterocycles. The second kappa shape index (κ2) is 7.40. The van der Waals surface area contributed by atoms with Gasteiger partial charge in [-0.25, -0.2) is 9.37 Å². The summed E-state index contributed by atoms with van der Waals surface area (Å²) in [6.45, 7) is 0.994. The monoisotopic (exact) mass is 308 g/mol. The van der Waals surface area contributed by atoms with Crippen LogP contribution in [-0.2, 0) is 13.2 Å². The lowest BCUT2D eigenvalue weighted by Gasteiger charge is -2.08. The number of nitrogens with one attached hydrogen (secondary N) is 1. The SMILES string of the molecule is Fc1ccccc1NCc1ccc(OCc2ccccc2)nc1. The number of benzene rings is 2. The van der Waals surface area contributed by atoms with Gasteiger partial charge in [-0.1, -0.05) is 48.5 Å². The van der Waals surface area contributed by atoms with E-state index in [4.69, 9.17) is 4.74 Å². The maximum Gasteiger partial charge on any atom is 0.213 e. The maximum atomic E-state index is 13.5. The Bertz CT molecular complexity index is 745. The van der Waals surface area contributed by atoms with Crippen LogP contribution in [0.5, 0.6) is 5.88 Å². The van der Waals surface area contributed by atoms with E-state index < -0.39 is 0 Å². The fraction of sp³-hybridized carbons (Fsp3) is 0.105. The first kappa shape index (κ1) is 15.0. The summed E-state index contributed by atoms with van der Waals surface area (Å²) in [5, 5.41) is 3.05. The molecule has 3 aromatic rings. The molecule has 0 unspecified atom stereocenters. The Morgan fingerprint density at radius 2 is 1.65 bits per heavy atom. The van der Waals surface area contributed by atoms with Gasteiger partial charge >= 0.3 is 0 Å². The maximum absolute atomic E-state index is 13.5. The molecule has 1 N–H and O–H groups in total. The van der Waals surface area contributed by atoms with E-state index in [0.29, 0.717) is 24.7 Å². The van der Waals surface area contributed by atoms with E-state index in [1.54, 1.807) is 24.4 Å². The molecule has 0 aliphatic heterocycles. The molecule has 0 aliphatic carbocycles. The molecule has 3 nitrogen and oxygen atoms in total. The molecule has 0 saturated heterocycles.